The maximum absolute atomic E-state index is 13.1. The molecule has 0 bridgehead atoms. The van der Waals surface area contributed by atoms with Crippen molar-refractivity contribution in [3.8, 4) is 11.3 Å². The maximum Gasteiger partial charge on any atom is 0.243 e. The third-order valence-corrected chi connectivity index (χ3v) is 8.83. The molecule has 0 aliphatic carbocycles. The number of rotatable bonds is 5. The minimum atomic E-state index is -3.52. The highest BCUT2D eigenvalue weighted by Gasteiger charge is 2.30. The SMILES string of the molecule is Nc1ncc(-c2nc(N3CCOCC3)nc3c2CCN3c2ccc(S(=O)(=O)N3CCNCC3)cc2)cn1. The summed E-state index contributed by atoms with van der Waals surface area (Å²) in [6.45, 7) is 5.61. The summed E-state index contributed by atoms with van der Waals surface area (Å²) in [7, 11) is -3.52. The van der Waals surface area contributed by atoms with Crippen molar-refractivity contribution in [3.05, 3.63) is 42.2 Å². The molecule has 3 N–H and O–H groups in total. The van der Waals surface area contributed by atoms with E-state index in [4.69, 9.17) is 20.4 Å². The Morgan fingerprint density at radius 2 is 1.62 bits per heavy atom. The van der Waals surface area contributed by atoms with Gasteiger partial charge in [0.15, 0.2) is 0 Å². The summed E-state index contributed by atoms with van der Waals surface area (Å²) in [5.41, 5.74) is 9.16. The number of nitrogen functional groups attached to an aromatic ring is 1. The minimum absolute atomic E-state index is 0.209. The highest BCUT2D eigenvalue weighted by atomic mass is 32.2. The number of nitrogens with one attached hydrogen (secondary N) is 1. The number of anilines is 4. The van der Waals surface area contributed by atoms with Gasteiger partial charge in [-0.3, -0.25) is 0 Å². The summed E-state index contributed by atoms with van der Waals surface area (Å²) in [6, 6.07) is 7.08. The molecular formula is C24H29N9O3S. The van der Waals surface area contributed by atoms with Gasteiger partial charge in [0.1, 0.15) is 5.82 Å². The molecule has 3 aliphatic heterocycles. The zero-order chi connectivity index (χ0) is 25.4. The molecule has 0 amide bonds. The molecule has 0 atom stereocenters. The average molecular weight is 524 g/mol. The fourth-order valence-corrected chi connectivity index (χ4v) is 6.37. The second kappa shape index (κ2) is 9.82. The van der Waals surface area contributed by atoms with Gasteiger partial charge >= 0.3 is 0 Å². The van der Waals surface area contributed by atoms with Crippen molar-refractivity contribution in [2.75, 3.05) is 74.6 Å². The molecule has 1 aromatic carbocycles. The van der Waals surface area contributed by atoms with Crippen molar-refractivity contribution in [1.82, 2.24) is 29.6 Å². The molecule has 2 saturated heterocycles. The second-order valence-electron chi connectivity index (χ2n) is 9.15. The van der Waals surface area contributed by atoms with Crippen molar-refractivity contribution in [2.45, 2.75) is 11.3 Å². The summed E-state index contributed by atoms with van der Waals surface area (Å²) in [6.07, 6.45) is 4.11. The number of sulfonamides is 1. The van der Waals surface area contributed by atoms with Gasteiger partial charge in [-0.2, -0.15) is 9.29 Å². The Balaban J connectivity index is 1.36. The van der Waals surface area contributed by atoms with Crippen LogP contribution in [0.1, 0.15) is 5.56 Å². The molecule has 5 heterocycles. The Labute approximate surface area is 215 Å². The molecule has 0 unspecified atom stereocenters. The normalized spacial score (nSPS) is 18.7. The van der Waals surface area contributed by atoms with Crippen LogP contribution in [0.5, 0.6) is 0 Å². The summed E-state index contributed by atoms with van der Waals surface area (Å²) in [5.74, 6) is 1.64. The Morgan fingerprint density at radius 3 is 2.32 bits per heavy atom. The lowest BCUT2D eigenvalue weighted by molar-refractivity contribution is 0.122. The molecular weight excluding hydrogens is 494 g/mol. The number of nitrogens with zero attached hydrogens (tertiary/aromatic N) is 7. The van der Waals surface area contributed by atoms with Gasteiger partial charge in [0, 0.05) is 75.0 Å². The van der Waals surface area contributed by atoms with Crippen LogP contribution < -0.4 is 20.9 Å². The molecule has 6 rings (SSSR count). The first-order valence-electron chi connectivity index (χ1n) is 12.4. The van der Waals surface area contributed by atoms with Crippen molar-refractivity contribution in [2.24, 2.45) is 0 Å². The number of morpholine rings is 1. The van der Waals surface area contributed by atoms with Crippen molar-refractivity contribution in [3.63, 3.8) is 0 Å². The highest BCUT2D eigenvalue weighted by molar-refractivity contribution is 7.89. The molecule has 12 nitrogen and oxygen atoms in total. The number of piperazine rings is 1. The standard InChI is InChI=1S/C24H29N9O3S/c25-23-27-15-17(16-28-23)21-20-5-8-33(22(20)30-24(29-21)31-11-13-36-14-12-31)18-1-3-19(4-2-18)37(34,35)32-9-6-26-7-10-32/h1-4,15-16,26H,5-14H2,(H2,25,27,28). The fourth-order valence-electron chi connectivity index (χ4n) is 4.93. The van der Waals surface area contributed by atoms with Gasteiger partial charge < -0.3 is 25.6 Å². The van der Waals surface area contributed by atoms with E-state index >= 15 is 0 Å². The van der Waals surface area contributed by atoms with E-state index in [9.17, 15) is 8.42 Å². The van der Waals surface area contributed by atoms with Crippen LogP contribution in [-0.2, 0) is 21.2 Å². The van der Waals surface area contributed by atoms with E-state index in [-0.39, 0.29) is 5.95 Å². The Kier molecular flexibility index (Phi) is 6.36. The largest absolute Gasteiger partial charge is 0.378 e. The van der Waals surface area contributed by atoms with E-state index in [1.54, 1.807) is 24.5 Å². The predicted molar refractivity (Wildman–Crippen MR) is 139 cm³/mol. The van der Waals surface area contributed by atoms with Crippen LogP contribution >= 0.6 is 0 Å². The second-order valence-corrected chi connectivity index (χ2v) is 11.1. The number of nitrogens with two attached hydrogens (primary N) is 1. The van der Waals surface area contributed by atoms with E-state index in [0.29, 0.717) is 69.9 Å². The zero-order valence-corrected chi connectivity index (χ0v) is 21.2. The maximum atomic E-state index is 13.1. The Morgan fingerprint density at radius 1 is 0.919 bits per heavy atom. The van der Waals surface area contributed by atoms with Crippen LogP contribution in [0.2, 0.25) is 0 Å². The molecule has 3 aromatic rings. The Bertz CT molecular complexity index is 1370. The average Bonchev–Trinajstić information content (AvgIpc) is 3.38. The van der Waals surface area contributed by atoms with Gasteiger partial charge in [0.2, 0.25) is 21.9 Å². The number of aromatic nitrogens is 4. The first kappa shape index (κ1) is 24.0. The van der Waals surface area contributed by atoms with Crippen LogP contribution in [0.15, 0.2) is 41.6 Å². The zero-order valence-electron chi connectivity index (χ0n) is 20.4. The smallest absolute Gasteiger partial charge is 0.243 e. The van der Waals surface area contributed by atoms with Gasteiger partial charge in [-0.15, -0.1) is 0 Å². The van der Waals surface area contributed by atoms with Crippen LogP contribution in [0.25, 0.3) is 11.3 Å². The van der Waals surface area contributed by atoms with Gasteiger partial charge in [-0.05, 0) is 30.7 Å². The van der Waals surface area contributed by atoms with E-state index in [0.717, 1.165) is 34.7 Å². The molecule has 194 valence electrons. The lowest BCUT2D eigenvalue weighted by Crippen LogP contribution is -2.46. The van der Waals surface area contributed by atoms with Crippen LogP contribution in [0.4, 0.5) is 23.4 Å². The quantitative estimate of drug-likeness (QED) is 0.486. The van der Waals surface area contributed by atoms with Crippen molar-refractivity contribution < 1.29 is 13.2 Å². The molecule has 0 saturated carbocycles. The molecule has 2 fully saturated rings. The molecule has 2 aromatic heterocycles. The van der Waals surface area contributed by atoms with Gasteiger partial charge in [-0.25, -0.2) is 23.4 Å². The summed E-state index contributed by atoms with van der Waals surface area (Å²) >= 11 is 0. The van der Waals surface area contributed by atoms with Crippen molar-refractivity contribution in [1.29, 1.82) is 0 Å². The topological polar surface area (TPSA) is 143 Å². The highest BCUT2D eigenvalue weighted by Crippen LogP contribution is 2.39. The summed E-state index contributed by atoms with van der Waals surface area (Å²) in [4.78, 5) is 22.7. The Hall–Kier alpha value is -3.39. The fraction of sp³-hybridized carbons (Fsp3) is 0.417. The third kappa shape index (κ3) is 4.59. The van der Waals surface area contributed by atoms with Crippen molar-refractivity contribution >= 4 is 33.4 Å². The van der Waals surface area contributed by atoms with Crippen LogP contribution in [0.3, 0.4) is 0 Å². The monoisotopic (exact) mass is 523 g/mol. The summed E-state index contributed by atoms with van der Waals surface area (Å²) < 4.78 is 33.2. The number of fused-ring (bicyclic) bond motifs is 1. The lowest BCUT2D eigenvalue weighted by atomic mass is 10.1. The van der Waals surface area contributed by atoms with Gasteiger partial charge in [0.25, 0.3) is 0 Å². The minimum Gasteiger partial charge on any atom is -0.378 e. The first-order valence-corrected chi connectivity index (χ1v) is 13.8. The van der Waals surface area contributed by atoms with E-state index < -0.39 is 10.0 Å². The number of hydrogen-bond acceptors (Lipinski definition) is 11. The molecule has 13 heteroatoms. The molecule has 0 radical (unpaired) electrons. The number of benzene rings is 1. The summed E-state index contributed by atoms with van der Waals surface area (Å²) in [5, 5.41) is 3.19. The van der Waals surface area contributed by atoms with Crippen LogP contribution in [-0.4, -0.2) is 91.7 Å². The third-order valence-electron chi connectivity index (χ3n) is 6.92. The predicted octanol–water partition coefficient (Wildman–Crippen LogP) is 0.641. The van der Waals surface area contributed by atoms with E-state index in [1.165, 1.54) is 4.31 Å². The first-order chi connectivity index (χ1) is 18.0. The van der Waals surface area contributed by atoms with Crippen LogP contribution in [0, 0.1) is 0 Å². The molecule has 0 spiro atoms. The van der Waals surface area contributed by atoms with E-state index in [2.05, 4.69) is 25.1 Å². The number of ether oxygens (including phenoxy) is 1. The molecule has 3 aliphatic rings. The van der Waals surface area contributed by atoms with E-state index in [1.807, 2.05) is 12.1 Å². The number of hydrogen-bond donors (Lipinski definition) is 2. The van der Waals surface area contributed by atoms with Gasteiger partial charge in [-0.1, -0.05) is 0 Å². The van der Waals surface area contributed by atoms with Gasteiger partial charge in [0.05, 0.1) is 23.8 Å². The molecule has 37 heavy (non-hydrogen) atoms. The lowest BCUT2D eigenvalue weighted by Gasteiger charge is -2.28.